The minimum atomic E-state index is -0.389. The van der Waals surface area contributed by atoms with Gasteiger partial charge >= 0.3 is 0 Å². The van der Waals surface area contributed by atoms with E-state index in [-0.39, 0.29) is 17.8 Å². The third-order valence-electron chi connectivity index (χ3n) is 4.84. The van der Waals surface area contributed by atoms with E-state index in [1.807, 2.05) is 38.1 Å². The predicted molar refractivity (Wildman–Crippen MR) is 82.4 cm³/mol. The van der Waals surface area contributed by atoms with Crippen LogP contribution in [0, 0.1) is 5.92 Å². The normalized spacial score (nSPS) is 25.6. The number of aliphatic hydroxyl groups is 1. The van der Waals surface area contributed by atoms with Gasteiger partial charge in [0.25, 0.3) is 0 Å². The van der Waals surface area contributed by atoms with Crippen molar-refractivity contribution in [2.24, 2.45) is 5.92 Å². The molecule has 2 aliphatic rings. The average Bonchev–Trinajstić information content (AvgIpc) is 2.45. The number of ether oxygens (including phenoxy) is 2. The lowest BCUT2D eigenvalue weighted by atomic mass is 9.70. The van der Waals surface area contributed by atoms with Gasteiger partial charge in [-0.05, 0) is 69.6 Å². The average molecular weight is 290 g/mol. The molecule has 1 aromatic carbocycles. The van der Waals surface area contributed by atoms with E-state index in [0.29, 0.717) is 5.92 Å². The van der Waals surface area contributed by atoms with Crippen LogP contribution in [0.3, 0.4) is 0 Å². The van der Waals surface area contributed by atoms with E-state index in [2.05, 4.69) is 0 Å². The van der Waals surface area contributed by atoms with Crippen LogP contribution in [0.4, 0.5) is 0 Å². The molecule has 1 spiro atoms. The SMILES string of the molecule is CC(C)Oc1ccc(C(O)C2CCOC3(CCC3)C2)cc1. The Morgan fingerprint density at radius 3 is 2.52 bits per heavy atom. The topological polar surface area (TPSA) is 38.7 Å². The van der Waals surface area contributed by atoms with E-state index in [1.54, 1.807) is 0 Å². The van der Waals surface area contributed by atoms with Crippen molar-refractivity contribution in [3.63, 3.8) is 0 Å². The molecular weight excluding hydrogens is 264 g/mol. The highest BCUT2D eigenvalue weighted by atomic mass is 16.5. The summed E-state index contributed by atoms with van der Waals surface area (Å²) in [7, 11) is 0. The molecule has 21 heavy (non-hydrogen) atoms. The van der Waals surface area contributed by atoms with Crippen LogP contribution in [0.1, 0.15) is 57.6 Å². The van der Waals surface area contributed by atoms with Crippen molar-refractivity contribution in [3.8, 4) is 5.75 Å². The monoisotopic (exact) mass is 290 g/mol. The lowest BCUT2D eigenvalue weighted by Crippen LogP contribution is -2.46. The van der Waals surface area contributed by atoms with Crippen molar-refractivity contribution < 1.29 is 14.6 Å². The second kappa shape index (κ2) is 5.98. The van der Waals surface area contributed by atoms with Gasteiger partial charge in [0.1, 0.15) is 5.75 Å². The first kappa shape index (κ1) is 14.9. The van der Waals surface area contributed by atoms with Crippen LogP contribution < -0.4 is 4.74 Å². The van der Waals surface area contributed by atoms with E-state index < -0.39 is 0 Å². The number of aliphatic hydroxyl groups excluding tert-OH is 1. The summed E-state index contributed by atoms with van der Waals surface area (Å²) in [5.41, 5.74) is 1.08. The maximum Gasteiger partial charge on any atom is 0.119 e. The van der Waals surface area contributed by atoms with Crippen molar-refractivity contribution in [2.75, 3.05) is 6.61 Å². The van der Waals surface area contributed by atoms with Crippen LogP contribution in [0.5, 0.6) is 5.75 Å². The summed E-state index contributed by atoms with van der Waals surface area (Å²) in [4.78, 5) is 0. The molecule has 1 saturated heterocycles. The van der Waals surface area contributed by atoms with E-state index in [4.69, 9.17) is 9.47 Å². The van der Waals surface area contributed by atoms with Gasteiger partial charge in [0, 0.05) is 6.61 Å². The van der Waals surface area contributed by atoms with Crippen molar-refractivity contribution in [3.05, 3.63) is 29.8 Å². The van der Waals surface area contributed by atoms with Gasteiger partial charge in [-0.15, -0.1) is 0 Å². The van der Waals surface area contributed by atoms with E-state index >= 15 is 0 Å². The summed E-state index contributed by atoms with van der Waals surface area (Å²) in [6, 6.07) is 7.89. The molecule has 116 valence electrons. The van der Waals surface area contributed by atoms with Crippen LogP contribution in [-0.4, -0.2) is 23.4 Å². The summed E-state index contributed by atoms with van der Waals surface area (Å²) in [6.45, 7) is 4.82. The highest BCUT2D eigenvalue weighted by Gasteiger charge is 2.44. The number of hydrogen-bond acceptors (Lipinski definition) is 3. The van der Waals surface area contributed by atoms with Crippen LogP contribution in [0.15, 0.2) is 24.3 Å². The molecule has 1 aliphatic heterocycles. The van der Waals surface area contributed by atoms with E-state index in [9.17, 15) is 5.11 Å². The van der Waals surface area contributed by atoms with Gasteiger partial charge in [0.2, 0.25) is 0 Å². The van der Waals surface area contributed by atoms with Gasteiger partial charge in [-0.25, -0.2) is 0 Å². The third-order valence-corrected chi connectivity index (χ3v) is 4.84. The standard InChI is InChI=1S/C18H26O3/c1-13(2)21-16-6-4-14(5-7-16)17(19)15-8-11-20-18(12-15)9-3-10-18/h4-7,13,15,17,19H,3,8-12H2,1-2H3. The quantitative estimate of drug-likeness (QED) is 0.915. The number of rotatable bonds is 4. The minimum absolute atomic E-state index is 0.0879. The van der Waals surface area contributed by atoms with Crippen molar-refractivity contribution in [1.29, 1.82) is 0 Å². The third kappa shape index (κ3) is 3.24. The second-order valence-corrected chi connectivity index (χ2v) is 6.82. The summed E-state index contributed by atoms with van der Waals surface area (Å²) < 4.78 is 11.6. The Morgan fingerprint density at radius 1 is 1.24 bits per heavy atom. The zero-order valence-corrected chi connectivity index (χ0v) is 13.0. The minimum Gasteiger partial charge on any atom is -0.491 e. The molecule has 1 heterocycles. The van der Waals surface area contributed by atoms with Crippen LogP contribution in [-0.2, 0) is 4.74 Å². The fourth-order valence-electron chi connectivity index (χ4n) is 3.54. The zero-order valence-electron chi connectivity index (χ0n) is 13.0. The number of hydrogen-bond donors (Lipinski definition) is 1. The Balaban J connectivity index is 1.65. The lowest BCUT2D eigenvalue weighted by molar-refractivity contribution is -0.157. The van der Waals surface area contributed by atoms with Crippen LogP contribution >= 0.6 is 0 Å². The second-order valence-electron chi connectivity index (χ2n) is 6.82. The lowest BCUT2D eigenvalue weighted by Gasteiger charge is -2.48. The van der Waals surface area contributed by atoms with Crippen molar-refractivity contribution >= 4 is 0 Å². The molecule has 3 heteroatoms. The molecule has 0 radical (unpaired) electrons. The van der Waals surface area contributed by atoms with Gasteiger partial charge in [0.15, 0.2) is 0 Å². The molecule has 0 amide bonds. The number of benzene rings is 1. The molecule has 3 rings (SSSR count). The van der Waals surface area contributed by atoms with Gasteiger partial charge in [-0.2, -0.15) is 0 Å². The van der Waals surface area contributed by atoms with Gasteiger partial charge in [-0.3, -0.25) is 0 Å². The highest BCUT2D eigenvalue weighted by Crippen LogP contribution is 2.47. The first-order chi connectivity index (χ1) is 10.1. The molecule has 0 aromatic heterocycles. The Hall–Kier alpha value is -1.06. The van der Waals surface area contributed by atoms with Gasteiger partial charge in [-0.1, -0.05) is 12.1 Å². The Kier molecular flexibility index (Phi) is 4.23. The summed E-state index contributed by atoms with van der Waals surface area (Å²) in [5, 5.41) is 10.7. The maximum absolute atomic E-state index is 10.7. The molecule has 1 aromatic rings. The van der Waals surface area contributed by atoms with Gasteiger partial charge < -0.3 is 14.6 Å². The smallest absolute Gasteiger partial charge is 0.119 e. The van der Waals surface area contributed by atoms with Crippen LogP contribution in [0.25, 0.3) is 0 Å². The van der Waals surface area contributed by atoms with Crippen molar-refractivity contribution in [1.82, 2.24) is 0 Å². The molecule has 2 atom stereocenters. The fourth-order valence-corrected chi connectivity index (χ4v) is 3.54. The molecule has 0 bridgehead atoms. The molecular formula is C18H26O3. The van der Waals surface area contributed by atoms with Crippen molar-refractivity contribution in [2.45, 2.75) is 63.8 Å². The Morgan fingerprint density at radius 2 is 1.95 bits per heavy atom. The maximum atomic E-state index is 10.7. The molecule has 2 unspecified atom stereocenters. The summed E-state index contributed by atoms with van der Waals surface area (Å²) in [6.07, 6.45) is 5.33. The molecule has 1 saturated carbocycles. The van der Waals surface area contributed by atoms with E-state index in [1.165, 1.54) is 6.42 Å². The van der Waals surface area contributed by atoms with Crippen LogP contribution in [0.2, 0.25) is 0 Å². The van der Waals surface area contributed by atoms with Gasteiger partial charge in [0.05, 0.1) is 17.8 Å². The fraction of sp³-hybridized carbons (Fsp3) is 0.667. The first-order valence-corrected chi connectivity index (χ1v) is 8.17. The Labute approximate surface area is 127 Å². The molecule has 2 fully saturated rings. The van der Waals surface area contributed by atoms with E-state index in [0.717, 1.165) is 43.6 Å². The molecule has 1 aliphatic carbocycles. The predicted octanol–water partition coefficient (Wildman–Crippen LogP) is 3.86. The summed E-state index contributed by atoms with van der Waals surface area (Å²) in [5.74, 6) is 1.18. The largest absolute Gasteiger partial charge is 0.491 e. The zero-order chi connectivity index (χ0) is 14.9. The Bertz CT molecular complexity index is 462. The first-order valence-electron chi connectivity index (χ1n) is 8.17. The molecule has 1 N–H and O–H groups in total. The highest BCUT2D eigenvalue weighted by molar-refractivity contribution is 5.29. The molecule has 3 nitrogen and oxygen atoms in total. The summed E-state index contributed by atoms with van der Waals surface area (Å²) >= 11 is 0.